The van der Waals surface area contributed by atoms with Crippen molar-refractivity contribution in [2.24, 2.45) is 0 Å². The van der Waals surface area contributed by atoms with E-state index in [0.29, 0.717) is 28.1 Å². The summed E-state index contributed by atoms with van der Waals surface area (Å²) in [6, 6.07) is 9.40. The number of fused-ring (bicyclic) bond motifs is 1. The van der Waals surface area contributed by atoms with Crippen molar-refractivity contribution < 1.29 is 17.9 Å². The van der Waals surface area contributed by atoms with Crippen LogP contribution in [0.3, 0.4) is 0 Å². The highest BCUT2D eigenvalue weighted by atomic mass is 32.2. The first-order chi connectivity index (χ1) is 13.8. The number of rotatable bonds is 7. The number of nitrogens with one attached hydrogen (secondary N) is 1. The van der Waals surface area contributed by atoms with Crippen molar-refractivity contribution in [3.05, 3.63) is 57.2 Å². The minimum atomic E-state index is -3.90. The molecule has 0 fully saturated rings. The van der Waals surface area contributed by atoms with Gasteiger partial charge in [-0.2, -0.15) is 0 Å². The number of hydrogen-bond acceptors (Lipinski definition) is 6. The number of aryl methyl sites for hydroxylation is 1. The minimum Gasteiger partial charge on any atom is -0.462 e. The molecule has 7 nitrogen and oxygen atoms in total. The number of thiazole rings is 1. The molecular formula is C20H22N2O5S2. The maximum atomic E-state index is 12.9. The molecule has 1 N–H and O–H groups in total. The quantitative estimate of drug-likeness (QED) is 0.572. The van der Waals surface area contributed by atoms with Crippen LogP contribution in [0, 0.1) is 6.92 Å². The van der Waals surface area contributed by atoms with Gasteiger partial charge in [0.15, 0.2) is 0 Å². The number of esters is 1. The fourth-order valence-electron chi connectivity index (χ4n) is 3.03. The Kier molecular flexibility index (Phi) is 6.09. The Hall–Kier alpha value is -2.65. The Morgan fingerprint density at radius 1 is 1.21 bits per heavy atom. The van der Waals surface area contributed by atoms with Crippen LogP contribution < -0.4 is 9.60 Å². The summed E-state index contributed by atoms with van der Waals surface area (Å²) in [4.78, 5) is 24.2. The second kappa shape index (κ2) is 8.38. The normalized spacial score (nSPS) is 11.6. The van der Waals surface area contributed by atoms with Gasteiger partial charge in [-0.05, 0) is 56.2 Å². The summed E-state index contributed by atoms with van der Waals surface area (Å²) in [5, 5.41) is 0. The third kappa shape index (κ3) is 4.20. The standard InChI is InChI=1S/C20H22N2O5S2/c1-4-11-22-17-10-9-14(12-18(17)28-20(22)24)29(25,26)21-16-8-6-7-15(13(16)3)19(23)27-5-2/h6-10,12,21H,4-5,11H2,1-3H3. The lowest BCUT2D eigenvalue weighted by atomic mass is 10.1. The second-order valence-electron chi connectivity index (χ2n) is 6.45. The van der Waals surface area contributed by atoms with E-state index >= 15 is 0 Å². The van der Waals surface area contributed by atoms with Crippen molar-refractivity contribution in [3.8, 4) is 0 Å². The molecule has 3 aromatic rings. The Bertz CT molecular complexity index is 1230. The van der Waals surface area contributed by atoms with Crippen LogP contribution in [0.4, 0.5) is 5.69 Å². The van der Waals surface area contributed by atoms with Gasteiger partial charge in [0.05, 0.1) is 33.0 Å². The molecule has 1 heterocycles. The fraction of sp³-hybridized carbons (Fsp3) is 0.300. The molecule has 3 rings (SSSR count). The summed E-state index contributed by atoms with van der Waals surface area (Å²) in [6.45, 7) is 6.16. The van der Waals surface area contributed by atoms with Crippen molar-refractivity contribution in [1.82, 2.24) is 4.57 Å². The van der Waals surface area contributed by atoms with Gasteiger partial charge >= 0.3 is 10.8 Å². The first-order valence-corrected chi connectivity index (χ1v) is 11.5. The highest BCUT2D eigenvalue weighted by molar-refractivity contribution is 7.92. The topological polar surface area (TPSA) is 94.5 Å². The lowest BCUT2D eigenvalue weighted by Crippen LogP contribution is -2.15. The zero-order valence-electron chi connectivity index (χ0n) is 16.4. The fourth-order valence-corrected chi connectivity index (χ4v) is 5.21. The number of benzene rings is 2. The van der Waals surface area contributed by atoms with Gasteiger partial charge in [0.25, 0.3) is 10.0 Å². The van der Waals surface area contributed by atoms with Crippen LogP contribution in [0.15, 0.2) is 46.1 Å². The van der Waals surface area contributed by atoms with Crippen LogP contribution in [0.5, 0.6) is 0 Å². The molecule has 0 spiro atoms. The van der Waals surface area contributed by atoms with Crippen LogP contribution >= 0.6 is 11.3 Å². The molecule has 0 aliphatic heterocycles. The molecule has 0 radical (unpaired) electrons. The van der Waals surface area contributed by atoms with Gasteiger partial charge in [-0.1, -0.05) is 24.3 Å². The number of hydrogen-bond donors (Lipinski definition) is 1. The molecule has 0 aliphatic rings. The zero-order chi connectivity index (χ0) is 21.2. The summed E-state index contributed by atoms with van der Waals surface area (Å²) in [5.74, 6) is -0.505. The number of nitrogens with zero attached hydrogens (tertiary/aromatic N) is 1. The molecule has 0 atom stereocenters. The first-order valence-electron chi connectivity index (χ1n) is 9.21. The lowest BCUT2D eigenvalue weighted by molar-refractivity contribution is 0.0525. The first kappa shape index (κ1) is 21.1. The van der Waals surface area contributed by atoms with Crippen LogP contribution in [-0.2, 0) is 21.3 Å². The molecule has 2 aromatic carbocycles. The summed E-state index contributed by atoms with van der Waals surface area (Å²) in [6.07, 6.45) is 0.809. The van der Waals surface area contributed by atoms with Crippen molar-refractivity contribution >= 4 is 43.2 Å². The number of carbonyl (C=O) groups excluding carboxylic acids is 1. The number of aromatic nitrogens is 1. The number of ether oxygens (including phenoxy) is 1. The second-order valence-corrected chi connectivity index (χ2v) is 9.13. The summed E-state index contributed by atoms with van der Waals surface area (Å²) < 4.78 is 35.6. The molecule has 0 saturated heterocycles. The lowest BCUT2D eigenvalue weighted by Gasteiger charge is -2.13. The van der Waals surface area contributed by atoms with Crippen LogP contribution in [0.1, 0.15) is 36.2 Å². The molecule has 29 heavy (non-hydrogen) atoms. The Labute approximate surface area is 173 Å². The number of sulfonamides is 1. The van der Waals surface area contributed by atoms with E-state index in [4.69, 9.17) is 4.74 Å². The average molecular weight is 435 g/mol. The highest BCUT2D eigenvalue weighted by Crippen LogP contribution is 2.26. The third-order valence-electron chi connectivity index (χ3n) is 4.47. The monoisotopic (exact) mass is 434 g/mol. The Morgan fingerprint density at radius 2 is 1.97 bits per heavy atom. The van der Waals surface area contributed by atoms with E-state index in [1.54, 1.807) is 42.7 Å². The predicted molar refractivity (Wildman–Crippen MR) is 114 cm³/mol. The van der Waals surface area contributed by atoms with Gasteiger partial charge in [-0.15, -0.1) is 0 Å². The van der Waals surface area contributed by atoms with Crippen LogP contribution in [-0.4, -0.2) is 25.6 Å². The van der Waals surface area contributed by atoms with E-state index in [0.717, 1.165) is 23.3 Å². The van der Waals surface area contributed by atoms with Gasteiger partial charge in [0.1, 0.15) is 0 Å². The van der Waals surface area contributed by atoms with E-state index < -0.39 is 16.0 Å². The van der Waals surface area contributed by atoms with Crippen molar-refractivity contribution in [1.29, 1.82) is 0 Å². The molecule has 1 aromatic heterocycles. The smallest absolute Gasteiger partial charge is 0.338 e. The van der Waals surface area contributed by atoms with Crippen molar-refractivity contribution in [2.45, 2.75) is 38.6 Å². The number of anilines is 1. The molecule has 9 heteroatoms. The molecule has 0 unspecified atom stereocenters. The van der Waals surface area contributed by atoms with Gasteiger partial charge in [-0.25, -0.2) is 13.2 Å². The maximum absolute atomic E-state index is 12.9. The zero-order valence-corrected chi connectivity index (χ0v) is 18.0. The molecular weight excluding hydrogens is 412 g/mol. The van der Waals surface area contributed by atoms with E-state index in [2.05, 4.69) is 4.72 Å². The molecule has 0 aliphatic carbocycles. The van der Waals surface area contributed by atoms with Gasteiger partial charge < -0.3 is 4.74 Å². The summed E-state index contributed by atoms with van der Waals surface area (Å²) >= 11 is 1.02. The van der Waals surface area contributed by atoms with Crippen molar-refractivity contribution in [2.75, 3.05) is 11.3 Å². The van der Waals surface area contributed by atoms with Crippen LogP contribution in [0.2, 0.25) is 0 Å². The molecule has 0 bridgehead atoms. The predicted octanol–water partition coefficient (Wildman–Crippen LogP) is 3.76. The van der Waals surface area contributed by atoms with E-state index in [-0.39, 0.29) is 16.4 Å². The van der Waals surface area contributed by atoms with Crippen LogP contribution in [0.25, 0.3) is 10.2 Å². The van der Waals surface area contributed by atoms with E-state index in [1.807, 2.05) is 6.92 Å². The summed E-state index contributed by atoms with van der Waals surface area (Å²) in [5.41, 5.74) is 1.81. The third-order valence-corrected chi connectivity index (χ3v) is 6.78. The van der Waals surface area contributed by atoms with Gasteiger partial charge in [-0.3, -0.25) is 14.1 Å². The average Bonchev–Trinajstić information content (AvgIpc) is 2.98. The molecule has 0 saturated carbocycles. The maximum Gasteiger partial charge on any atom is 0.338 e. The Balaban J connectivity index is 1.97. The minimum absolute atomic E-state index is 0.0517. The SMILES string of the molecule is CCCn1c(=O)sc2cc(S(=O)(=O)Nc3cccc(C(=O)OCC)c3C)ccc21. The van der Waals surface area contributed by atoms with Gasteiger partial charge in [0, 0.05) is 6.54 Å². The van der Waals surface area contributed by atoms with Crippen molar-refractivity contribution in [3.63, 3.8) is 0 Å². The summed E-state index contributed by atoms with van der Waals surface area (Å²) in [7, 11) is -3.90. The largest absolute Gasteiger partial charge is 0.462 e. The van der Waals surface area contributed by atoms with E-state index in [9.17, 15) is 18.0 Å². The Morgan fingerprint density at radius 3 is 2.66 bits per heavy atom. The molecule has 154 valence electrons. The van der Waals surface area contributed by atoms with Gasteiger partial charge in [0.2, 0.25) is 0 Å². The van der Waals surface area contributed by atoms with E-state index in [1.165, 1.54) is 12.1 Å². The molecule has 0 amide bonds. The number of carbonyl (C=O) groups is 1. The highest BCUT2D eigenvalue weighted by Gasteiger charge is 2.20.